The number of rotatable bonds is 4. The first-order valence-corrected chi connectivity index (χ1v) is 7.80. The van der Waals surface area contributed by atoms with Crippen molar-refractivity contribution in [2.45, 2.75) is 19.8 Å². The largest absolute Gasteiger partial charge is 0.494 e. The van der Waals surface area contributed by atoms with Crippen LogP contribution in [0, 0.1) is 6.92 Å². The monoisotopic (exact) mass is 328 g/mol. The smallest absolute Gasteiger partial charge is 0.273 e. The van der Waals surface area contributed by atoms with Crippen LogP contribution in [0.5, 0.6) is 5.75 Å². The number of nitrogens with zero attached hydrogens (tertiary/aromatic N) is 3. The Balaban J connectivity index is 1.83. The molecule has 0 atom stereocenters. The maximum Gasteiger partial charge on any atom is 0.273 e. The lowest BCUT2D eigenvalue weighted by Crippen LogP contribution is -2.24. The Morgan fingerprint density at radius 1 is 1.33 bits per heavy atom. The molecule has 0 saturated carbocycles. The Kier molecular flexibility index (Phi) is 4.24. The number of hydrogen-bond donors (Lipinski definition) is 1. The summed E-state index contributed by atoms with van der Waals surface area (Å²) in [4.78, 5) is 26.0. The molecule has 0 radical (unpaired) electrons. The molecule has 1 fully saturated rings. The molecule has 126 valence electrons. The van der Waals surface area contributed by atoms with Gasteiger partial charge in [0.25, 0.3) is 5.91 Å². The quantitative estimate of drug-likeness (QED) is 0.932. The van der Waals surface area contributed by atoms with E-state index < -0.39 is 0 Å². The summed E-state index contributed by atoms with van der Waals surface area (Å²) in [7, 11) is 3.28. The lowest BCUT2D eigenvalue weighted by Gasteiger charge is -2.19. The van der Waals surface area contributed by atoms with Crippen LogP contribution in [0.15, 0.2) is 24.3 Å². The van der Waals surface area contributed by atoms with Crippen LogP contribution < -0.4 is 15.0 Å². The molecule has 0 bridgehead atoms. The fourth-order valence-corrected chi connectivity index (χ4v) is 2.90. The molecule has 1 aromatic heterocycles. The second kappa shape index (κ2) is 6.35. The predicted octanol–water partition coefficient (Wildman–Crippen LogP) is 2.12. The highest BCUT2D eigenvalue weighted by molar-refractivity contribution is 6.04. The predicted molar refractivity (Wildman–Crippen MR) is 90.5 cm³/mol. The Bertz CT molecular complexity index is 797. The molecule has 24 heavy (non-hydrogen) atoms. The summed E-state index contributed by atoms with van der Waals surface area (Å²) in [6, 6.07) is 7.02. The standard InChI is InChI=1S/C17H20N4O3/c1-11-9-14(20(2)19-11)17(23)18-12-6-7-13(15(10-12)24-3)21-8-4-5-16(21)22/h6-7,9-10H,4-5,8H2,1-3H3,(H,18,23). The second-order valence-corrected chi connectivity index (χ2v) is 5.78. The molecule has 1 aliphatic heterocycles. The molecule has 2 amide bonds. The Morgan fingerprint density at radius 2 is 2.12 bits per heavy atom. The number of anilines is 2. The van der Waals surface area contributed by atoms with Crippen molar-refractivity contribution in [2.75, 3.05) is 23.9 Å². The van der Waals surface area contributed by atoms with Gasteiger partial charge in [-0.15, -0.1) is 0 Å². The van der Waals surface area contributed by atoms with E-state index >= 15 is 0 Å². The Hall–Kier alpha value is -2.83. The first kappa shape index (κ1) is 16.0. The van der Waals surface area contributed by atoms with Gasteiger partial charge in [0.1, 0.15) is 11.4 Å². The van der Waals surface area contributed by atoms with Gasteiger partial charge < -0.3 is 15.0 Å². The summed E-state index contributed by atoms with van der Waals surface area (Å²) < 4.78 is 6.94. The number of ether oxygens (including phenoxy) is 1. The molecule has 3 rings (SSSR count). The van der Waals surface area contributed by atoms with Gasteiger partial charge in [-0.25, -0.2) is 0 Å². The highest BCUT2D eigenvalue weighted by atomic mass is 16.5. The topological polar surface area (TPSA) is 76.5 Å². The highest BCUT2D eigenvalue weighted by Crippen LogP contribution is 2.33. The summed E-state index contributed by atoms with van der Waals surface area (Å²) in [6.45, 7) is 2.52. The number of amides is 2. The lowest BCUT2D eigenvalue weighted by molar-refractivity contribution is -0.117. The van der Waals surface area contributed by atoms with Crippen LogP contribution in [0.4, 0.5) is 11.4 Å². The maximum absolute atomic E-state index is 12.4. The maximum atomic E-state index is 12.4. The van der Waals surface area contributed by atoms with Gasteiger partial charge in [0.15, 0.2) is 0 Å². The van der Waals surface area contributed by atoms with E-state index in [1.807, 2.05) is 6.92 Å². The lowest BCUT2D eigenvalue weighted by atomic mass is 10.2. The fraction of sp³-hybridized carbons (Fsp3) is 0.353. The first-order valence-electron chi connectivity index (χ1n) is 7.80. The van der Waals surface area contributed by atoms with E-state index in [2.05, 4.69) is 10.4 Å². The molecule has 1 saturated heterocycles. The van der Waals surface area contributed by atoms with Crippen LogP contribution in [-0.2, 0) is 11.8 Å². The number of aromatic nitrogens is 2. The molecular formula is C17H20N4O3. The molecule has 0 unspecified atom stereocenters. The number of carbonyl (C=O) groups is 2. The van der Waals surface area contributed by atoms with Crippen molar-refractivity contribution in [3.05, 3.63) is 35.7 Å². The van der Waals surface area contributed by atoms with Crippen LogP contribution in [0.2, 0.25) is 0 Å². The van der Waals surface area contributed by atoms with Gasteiger partial charge in [0.2, 0.25) is 5.91 Å². The average molecular weight is 328 g/mol. The molecule has 0 aliphatic carbocycles. The van der Waals surface area contributed by atoms with E-state index in [1.165, 1.54) is 0 Å². The molecule has 1 aliphatic rings. The zero-order valence-corrected chi connectivity index (χ0v) is 14.0. The zero-order valence-electron chi connectivity index (χ0n) is 14.0. The number of hydrogen-bond acceptors (Lipinski definition) is 4. The van der Waals surface area contributed by atoms with Crippen LogP contribution in [0.1, 0.15) is 29.0 Å². The van der Waals surface area contributed by atoms with Crippen molar-refractivity contribution >= 4 is 23.2 Å². The van der Waals surface area contributed by atoms with Gasteiger partial charge >= 0.3 is 0 Å². The van der Waals surface area contributed by atoms with Gasteiger partial charge in [0, 0.05) is 31.8 Å². The summed E-state index contributed by atoms with van der Waals surface area (Å²) in [5.74, 6) is 0.407. The highest BCUT2D eigenvalue weighted by Gasteiger charge is 2.24. The number of methoxy groups -OCH3 is 1. The van der Waals surface area contributed by atoms with Crippen molar-refractivity contribution in [1.29, 1.82) is 0 Å². The summed E-state index contributed by atoms with van der Waals surface area (Å²) in [6.07, 6.45) is 1.40. The third-order valence-corrected chi connectivity index (χ3v) is 4.04. The van der Waals surface area contributed by atoms with Crippen molar-refractivity contribution in [1.82, 2.24) is 9.78 Å². The third kappa shape index (κ3) is 2.97. The normalized spacial score (nSPS) is 14.1. The molecular weight excluding hydrogens is 308 g/mol. The summed E-state index contributed by atoms with van der Waals surface area (Å²) >= 11 is 0. The number of carbonyl (C=O) groups excluding carboxylic acids is 2. The number of nitrogens with one attached hydrogen (secondary N) is 1. The van der Waals surface area contributed by atoms with Gasteiger partial charge in [-0.05, 0) is 31.5 Å². The molecule has 0 spiro atoms. The van der Waals surface area contributed by atoms with E-state index in [9.17, 15) is 9.59 Å². The van der Waals surface area contributed by atoms with Crippen LogP contribution >= 0.6 is 0 Å². The van der Waals surface area contributed by atoms with Crippen LogP contribution in [-0.4, -0.2) is 35.2 Å². The van der Waals surface area contributed by atoms with Gasteiger partial charge in [-0.3, -0.25) is 14.3 Å². The zero-order chi connectivity index (χ0) is 17.3. The fourth-order valence-electron chi connectivity index (χ4n) is 2.90. The molecule has 1 aromatic carbocycles. The van der Waals surface area contributed by atoms with Crippen molar-refractivity contribution in [2.24, 2.45) is 7.05 Å². The minimum Gasteiger partial charge on any atom is -0.494 e. The van der Waals surface area contributed by atoms with Gasteiger partial charge in [-0.2, -0.15) is 5.10 Å². The summed E-state index contributed by atoms with van der Waals surface area (Å²) in [5.41, 5.74) is 2.59. The van der Waals surface area contributed by atoms with Crippen LogP contribution in [0.3, 0.4) is 0 Å². The number of aryl methyl sites for hydroxylation is 2. The Labute approximate surface area is 140 Å². The Morgan fingerprint density at radius 3 is 2.71 bits per heavy atom. The van der Waals surface area contributed by atoms with Crippen molar-refractivity contribution in [3.63, 3.8) is 0 Å². The van der Waals surface area contributed by atoms with Crippen molar-refractivity contribution < 1.29 is 14.3 Å². The number of benzene rings is 1. The van der Waals surface area contributed by atoms with E-state index in [0.29, 0.717) is 30.1 Å². The average Bonchev–Trinajstić information content (AvgIpc) is 3.12. The minimum atomic E-state index is -0.245. The molecule has 1 N–H and O–H groups in total. The molecule has 7 heteroatoms. The molecule has 2 heterocycles. The van der Waals surface area contributed by atoms with E-state index in [1.54, 1.807) is 48.0 Å². The molecule has 7 nitrogen and oxygen atoms in total. The van der Waals surface area contributed by atoms with E-state index in [4.69, 9.17) is 4.74 Å². The third-order valence-electron chi connectivity index (χ3n) is 4.04. The van der Waals surface area contributed by atoms with Gasteiger partial charge in [0.05, 0.1) is 18.5 Å². The molecule has 2 aromatic rings. The van der Waals surface area contributed by atoms with E-state index in [0.717, 1.165) is 17.8 Å². The van der Waals surface area contributed by atoms with Gasteiger partial charge in [-0.1, -0.05) is 0 Å². The van der Waals surface area contributed by atoms with Crippen LogP contribution in [0.25, 0.3) is 0 Å². The van der Waals surface area contributed by atoms with E-state index in [-0.39, 0.29) is 11.8 Å². The summed E-state index contributed by atoms with van der Waals surface area (Å²) in [5, 5.41) is 7.00. The minimum absolute atomic E-state index is 0.0930. The second-order valence-electron chi connectivity index (χ2n) is 5.78. The van der Waals surface area contributed by atoms with Crippen molar-refractivity contribution in [3.8, 4) is 5.75 Å². The first-order chi connectivity index (χ1) is 11.5. The SMILES string of the molecule is COc1cc(NC(=O)c2cc(C)nn2C)ccc1N1CCCC1=O.